The number of rotatable bonds is 5. The zero-order valence-corrected chi connectivity index (χ0v) is 12.9. The summed E-state index contributed by atoms with van der Waals surface area (Å²) in [5.41, 5.74) is 1.76. The molecule has 1 saturated heterocycles. The monoisotopic (exact) mass is 316 g/mol. The average molecular weight is 316 g/mol. The van der Waals surface area contributed by atoms with Crippen molar-refractivity contribution < 1.29 is 18.7 Å². The number of hydrogen-bond acceptors (Lipinski definition) is 4. The molecule has 2 amide bonds. The van der Waals surface area contributed by atoms with Crippen molar-refractivity contribution in [3.63, 3.8) is 0 Å². The van der Waals surface area contributed by atoms with Gasteiger partial charge in [-0.2, -0.15) is 0 Å². The van der Waals surface area contributed by atoms with Crippen LogP contribution < -0.4 is 5.32 Å². The smallest absolute Gasteiger partial charge is 0.321 e. The molecule has 2 heterocycles. The number of morpholine rings is 1. The molecular weight excluding hydrogens is 296 g/mol. The van der Waals surface area contributed by atoms with Gasteiger partial charge in [-0.1, -0.05) is 12.1 Å². The molecule has 0 atom stereocenters. The summed E-state index contributed by atoms with van der Waals surface area (Å²) in [5.74, 6) is 0.793. The van der Waals surface area contributed by atoms with Crippen LogP contribution in [-0.4, -0.2) is 37.2 Å². The highest BCUT2D eigenvalue weighted by atomic mass is 16.5. The number of hydrogen-bond donors (Lipinski definition) is 1. The largest absolute Gasteiger partial charge is 0.467 e. The Balaban J connectivity index is 1.51. The minimum Gasteiger partial charge on any atom is -0.467 e. The number of nitrogens with zero attached hydrogens (tertiary/aromatic N) is 1. The maximum Gasteiger partial charge on any atom is 0.321 e. The molecule has 1 N–H and O–H groups in total. The third-order valence-corrected chi connectivity index (χ3v) is 3.57. The lowest BCUT2D eigenvalue weighted by molar-refractivity contribution is 0.0564. The lowest BCUT2D eigenvalue weighted by atomic mass is 10.2. The fourth-order valence-electron chi connectivity index (χ4n) is 2.37. The lowest BCUT2D eigenvalue weighted by Gasteiger charge is -2.27. The van der Waals surface area contributed by atoms with Gasteiger partial charge in [0.05, 0.1) is 26.1 Å². The van der Waals surface area contributed by atoms with E-state index in [1.54, 1.807) is 11.2 Å². The van der Waals surface area contributed by atoms with Crippen molar-refractivity contribution in [3.05, 3.63) is 54.0 Å². The molecule has 6 heteroatoms. The molecule has 0 radical (unpaired) electrons. The van der Waals surface area contributed by atoms with Gasteiger partial charge in [0.15, 0.2) is 0 Å². The van der Waals surface area contributed by atoms with Crippen LogP contribution in [0.15, 0.2) is 47.1 Å². The summed E-state index contributed by atoms with van der Waals surface area (Å²) in [7, 11) is 0. The Morgan fingerprint density at radius 1 is 1.17 bits per heavy atom. The first-order valence-electron chi connectivity index (χ1n) is 7.64. The minimum absolute atomic E-state index is 0.0954. The zero-order chi connectivity index (χ0) is 15.9. The van der Waals surface area contributed by atoms with Gasteiger partial charge in [0, 0.05) is 18.8 Å². The molecule has 1 aromatic carbocycles. The topological polar surface area (TPSA) is 63.9 Å². The van der Waals surface area contributed by atoms with Crippen LogP contribution in [0.3, 0.4) is 0 Å². The number of ether oxygens (including phenoxy) is 2. The Kier molecular flexibility index (Phi) is 5.29. The van der Waals surface area contributed by atoms with Crippen LogP contribution in [0.5, 0.6) is 0 Å². The first-order chi connectivity index (χ1) is 11.3. The predicted octanol–water partition coefficient (Wildman–Crippen LogP) is 2.86. The van der Waals surface area contributed by atoms with Gasteiger partial charge < -0.3 is 24.1 Å². The van der Waals surface area contributed by atoms with Crippen molar-refractivity contribution in [1.29, 1.82) is 0 Å². The van der Waals surface area contributed by atoms with Crippen molar-refractivity contribution in [2.45, 2.75) is 13.2 Å². The Bertz CT molecular complexity index is 621. The van der Waals surface area contributed by atoms with Crippen LogP contribution in [-0.2, 0) is 22.7 Å². The van der Waals surface area contributed by atoms with Crippen LogP contribution >= 0.6 is 0 Å². The van der Waals surface area contributed by atoms with Crippen LogP contribution in [0, 0.1) is 0 Å². The molecule has 1 aliphatic rings. The van der Waals surface area contributed by atoms with E-state index in [2.05, 4.69) is 5.32 Å². The predicted molar refractivity (Wildman–Crippen MR) is 85.1 cm³/mol. The van der Waals surface area contributed by atoms with Gasteiger partial charge in [0.2, 0.25) is 0 Å². The Morgan fingerprint density at radius 3 is 2.83 bits per heavy atom. The molecule has 0 unspecified atom stereocenters. The second kappa shape index (κ2) is 7.80. The highest BCUT2D eigenvalue weighted by molar-refractivity contribution is 5.89. The third kappa shape index (κ3) is 4.58. The number of nitrogens with one attached hydrogen (secondary N) is 1. The second-order valence-electron chi connectivity index (χ2n) is 5.30. The van der Waals surface area contributed by atoms with E-state index in [0.717, 1.165) is 17.0 Å². The fourth-order valence-corrected chi connectivity index (χ4v) is 2.37. The molecule has 1 aromatic heterocycles. The number of anilines is 1. The van der Waals surface area contributed by atoms with E-state index >= 15 is 0 Å². The van der Waals surface area contributed by atoms with Crippen LogP contribution in [0.25, 0.3) is 0 Å². The highest BCUT2D eigenvalue weighted by Crippen LogP contribution is 2.14. The third-order valence-electron chi connectivity index (χ3n) is 3.57. The highest BCUT2D eigenvalue weighted by Gasteiger charge is 2.16. The van der Waals surface area contributed by atoms with Crippen molar-refractivity contribution in [2.75, 3.05) is 31.6 Å². The van der Waals surface area contributed by atoms with Gasteiger partial charge in [-0.3, -0.25) is 0 Å². The first-order valence-corrected chi connectivity index (χ1v) is 7.64. The van der Waals surface area contributed by atoms with Crippen molar-refractivity contribution in [3.8, 4) is 0 Å². The van der Waals surface area contributed by atoms with E-state index < -0.39 is 0 Å². The van der Waals surface area contributed by atoms with Crippen molar-refractivity contribution in [1.82, 2.24) is 4.90 Å². The molecule has 1 aliphatic heterocycles. The molecule has 122 valence electrons. The van der Waals surface area contributed by atoms with Gasteiger partial charge in [0.25, 0.3) is 0 Å². The summed E-state index contributed by atoms with van der Waals surface area (Å²) < 4.78 is 16.1. The summed E-state index contributed by atoms with van der Waals surface area (Å²) in [4.78, 5) is 13.9. The second-order valence-corrected chi connectivity index (χ2v) is 5.30. The number of carbonyl (C=O) groups excluding carboxylic acids is 1. The number of urea groups is 1. The van der Waals surface area contributed by atoms with Crippen molar-refractivity contribution in [2.24, 2.45) is 0 Å². The Morgan fingerprint density at radius 2 is 2.04 bits per heavy atom. The lowest BCUT2D eigenvalue weighted by Crippen LogP contribution is -2.43. The molecule has 3 rings (SSSR count). The normalized spacial score (nSPS) is 14.7. The maximum absolute atomic E-state index is 12.2. The maximum atomic E-state index is 12.2. The van der Waals surface area contributed by atoms with Crippen LogP contribution in [0.4, 0.5) is 10.5 Å². The molecule has 6 nitrogen and oxygen atoms in total. The van der Waals surface area contributed by atoms with Gasteiger partial charge in [-0.25, -0.2) is 4.79 Å². The molecule has 1 fully saturated rings. The summed E-state index contributed by atoms with van der Waals surface area (Å²) >= 11 is 0. The number of benzene rings is 1. The van der Waals surface area contributed by atoms with E-state index in [1.165, 1.54) is 0 Å². The number of carbonyl (C=O) groups is 1. The van der Waals surface area contributed by atoms with E-state index in [0.29, 0.717) is 39.5 Å². The van der Waals surface area contributed by atoms with Gasteiger partial charge in [0.1, 0.15) is 12.4 Å². The molecular formula is C17H20N2O4. The van der Waals surface area contributed by atoms with E-state index in [-0.39, 0.29) is 6.03 Å². The SMILES string of the molecule is O=C(Nc1cccc(COCc2ccco2)c1)N1CCOCC1. The van der Waals surface area contributed by atoms with Gasteiger partial charge >= 0.3 is 6.03 Å². The Labute approximate surface area is 135 Å². The zero-order valence-electron chi connectivity index (χ0n) is 12.9. The van der Waals surface area contributed by atoms with Crippen molar-refractivity contribution >= 4 is 11.7 Å². The Hall–Kier alpha value is -2.31. The number of furan rings is 1. The van der Waals surface area contributed by atoms with Crippen LogP contribution in [0.2, 0.25) is 0 Å². The molecule has 0 bridgehead atoms. The number of amides is 2. The molecule has 0 spiro atoms. The summed E-state index contributed by atoms with van der Waals surface area (Å²) in [6.45, 7) is 3.32. The van der Waals surface area contributed by atoms with E-state index in [9.17, 15) is 4.79 Å². The van der Waals surface area contributed by atoms with E-state index in [4.69, 9.17) is 13.9 Å². The molecule has 23 heavy (non-hydrogen) atoms. The molecule has 0 saturated carbocycles. The van der Waals surface area contributed by atoms with Crippen LogP contribution in [0.1, 0.15) is 11.3 Å². The first kappa shape index (κ1) is 15.6. The average Bonchev–Trinajstić information content (AvgIpc) is 3.09. The van der Waals surface area contributed by atoms with Gasteiger partial charge in [-0.15, -0.1) is 0 Å². The standard InChI is InChI=1S/C17H20N2O4/c20-17(19-6-9-21-10-7-19)18-15-4-1-3-14(11-15)12-22-13-16-5-2-8-23-16/h1-5,8,11H,6-7,9-10,12-13H2,(H,18,20). The van der Waals surface area contributed by atoms with Gasteiger partial charge in [-0.05, 0) is 29.8 Å². The summed E-state index contributed by atoms with van der Waals surface area (Å²) in [6, 6.07) is 11.3. The molecule has 0 aliphatic carbocycles. The molecule has 2 aromatic rings. The van der Waals surface area contributed by atoms with E-state index in [1.807, 2.05) is 36.4 Å². The minimum atomic E-state index is -0.0954. The quantitative estimate of drug-likeness (QED) is 0.921. The summed E-state index contributed by atoms with van der Waals surface area (Å²) in [6.07, 6.45) is 1.63. The fraction of sp³-hybridized carbons (Fsp3) is 0.353. The summed E-state index contributed by atoms with van der Waals surface area (Å²) in [5, 5.41) is 2.91.